The van der Waals surface area contributed by atoms with Gasteiger partial charge in [-0.2, -0.15) is 0 Å². The summed E-state index contributed by atoms with van der Waals surface area (Å²) in [5, 5.41) is 0. The first-order valence-electron chi connectivity index (χ1n) is 4.40. The zero-order chi connectivity index (χ0) is 8.10. The number of carbonyl (C=O) groups is 1. The van der Waals surface area contributed by atoms with Gasteiger partial charge in [-0.15, -0.1) is 0 Å². The summed E-state index contributed by atoms with van der Waals surface area (Å²) in [7, 11) is 0. The predicted molar refractivity (Wildman–Crippen MR) is 43.5 cm³/mol. The van der Waals surface area contributed by atoms with E-state index in [0.29, 0.717) is 19.1 Å². The highest BCUT2D eigenvalue weighted by Crippen LogP contribution is 2.20. The Morgan fingerprint density at radius 3 is 2.64 bits per heavy atom. The average molecular weight is 156 g/mol. The summed E-state index contributed by atoms with van der Waals surface area (Å²) in [5.74, 6) is 0.225. The summed E-state index contributed by atoms with van der Waals surface area (Å²) in [4.78, 5) is 10.5. The van der Waals surface area contributed by atoms with Gasteiger partial charge in [-0.05, 0) is 19.8 Å². The van der Waals surface area contributed by atoms with Crippen LogP contribution in [0.25, 0.3) is 0 Å². The molecule has 0 spiro atoms. The maximum atomic E-state index is 10.5. The van der Waals surface area contributed by atoms with Crippen LogP contribution in [0.5, 0.6) is 0 Å². The lowest BCUT2D eigenvalue weighted by Gasteiger charge is -2.08. The van der Waals surface area contributed by atoms with E-state index >= 15 is 0 Å². The molecule has 0 bridgehead atoms. The van der Waals surface area contributed by atoms with Gasteiger partial charge in [-0.3, -0.25) is 4.79 Å². The molecule has 0 aromatic carbocycles. The maximum Gasteiger partial charge on any atom is 0.132 e. The van der Waals surface area contributed by atoms with Gasteiger partial charge in [0, 0.05) is 6.42 Å². The van der Waals surface area contributed by atoms with E-state index in [1.54, 1.807) is 6.92 Å². The largest absolute Gasteiger partial charge is 0.378 e. The molecular formula is C9H16O2. The second-order valence-electron chi connectivity index (χ2n) is 3.23. The lowest BCUT2D eigenvalue weighted by atomic mass is 10.3. The summed E-state index contributed by atoms with van der Waals surface area (Å²) in [6, 6.07) is 0. The minimum absolute atomic E-state index is 0.225. The van der Waals surface area contributed by atoms with Crippen molar-refractivity contribution >= 4 is 5.78 Å². The van der Waals surface area contributed by atoms with Crippen LogP contribution < -0.4 is 0 Å². The summed E-state index contributed by atoms with van der Waals surface area (Å²) < 4.78 is 5.49. The number of ether oxygens (including phenoxy) is 1. The second-order valence-corrected chi connectivity index (χ2v) is 3.23. The van der Waals surface area contributed by atoms with Crippen molar-refractivity contribution in [1.29, 1.82) is 0 Å². The number of Topliss-reactive ketones (excluding diaryl/α,β-unsaturated/α-hetero) is 1. The highest BCUT2D eigenvalue weighted by molar-refractivity contribution is 5.75. The van der Waals surface area contributed by atoms with Gasteiger partial charge in [0.15, 0.2) is 0 Å². The smallest absolute Gasteiger partial charge is 0.132 e. The van der Waals surface area contributed by atoms with Crippen molar-refractivity contribution < 1.29 is 9.53 Å². The molecule has 1 saturated carbocycles. The molecule has 1 fully saturated rings. The van der Waals surface area contributed by atoms with Gasteiger partial charge in [-0.25, -0.2) is 0 Å². The molecule has 64 valence electrons. The van der Waals surface area contributed by atoms with E-state index in [-0.39, 0.29) is 5.78 Å². The van der Waals surface area contributed by atoms with Gasteiger partial charge in [0.05, 0.1) is 12.7 Å². The van der Waals surface area contributed by atoms with E-state index in [0.717, 1.165) is 0 Å². The summed E-state index contributed by atoms with van der Waals surface area (Å²) >= 11 is 0. The van der Waals surface area contributed by atoms with Crippen molar-refractivity contribution in [2.75, 3.05) is 6.61 Å². The van der Waals surface area contributed by atoms with Crippen LogP contribution in [0.4, 0.5) is 0 Å². The standard InChI is InChI=1S/C9H16O2/c1-8(10)6-7-11-9-4-2-3-5-9/h9H,2-7H2,1H3. The SMILES string of the molecule is CC(=O)CCOC1CCCC1. The van der Waals surface area contributed by atoms with Crippen LogP contribution in [-0.2, 0) is 9.53 Å². The van der Waals surface area contributed by atoms with Crippen molar-refractivity contribution in [3.63, 3.8) is 0 Å². The van der Waals surface area contributed by atoms with Crippen LogP contribution in [0.2, 0.25) is 0 Å². The first-order chi connectivity index (χ1) is 5.29. The zero-order valence-corrected chi connectivity index (χ0v) is 7.14. The Morgan fingerprint density at radius 1 is 1.45 bits per heavy atom. The first-order valence-corrected chi connectivity index (χ1v) is 4.40. The molecule has 0 saturated heterocycles. The molecule has 1 rings (SSSR count). The van der Waals surface area contributed by atoms with Gasteiger partial charge in [0.25, 0.3) is 0 Å². The van der Waals surface area contributed by atoms with E-state index in [4.69, 9.17) is 4.74 Å². The van der Waals surface area contributed by atoms with Crippen molar-refractivity contribution in [3.05, 3.63) is 0 Å². The van der Waals surface area contributed by atoms with E-state index < -0.39 is 0 Å². The number of rotatable bonds is 4. The maximum absolute atomic E-state index is 10.5. The molecule has 1 aliphatic rings. The fraction of sp³-hybridized carbons (Fsp3) is 0.889. The van der Waals surface area contributed by atoms with Crippen LogP contribution in [0.3, 0.4) is 0 Å². The van der Waals surface area contributed by atoms with Crippen LogP contribution in [-0.4, -0.2) is 18.5 Å². The van der Waals surface area contributed by atoms with Gasteiger partial charge in [0.1, 0.15) is 5.78 Å². The molecule has 0 amide bonds. The predicted octanol–water partition coefficient (Wildman–Crippen LogP) is 1.92. The fourth-order valence-corrected chi connectivity index (χ4v) is 1.42. The van der Waals surface area contributed by atoms with E-state index in [2.05, 4.69) is 0 Å². The molecule has 0 aliphatic heterocycles. The number of hydrogen-bond donors (Lipinski definition) is 0. The average Bonchev–Trinajstić information content (AvgIpc) is 2.39. The van der Waals surface area contributed by atoms with Crippen LogP contribution in [0.15, 0.2) is 0 Å². The van der Waals surface area contributed by atoms with Crippen LogP contribution >= 0.6 is 0 Å². The van der Waals surface area contributed by atoms with Crippen molar-refractivity contribution in [2.45, 2.75) is 45.1 Å². The molecule has 11 heavy (non-hydrogen) atoms. The molecule has 0 aromatic heterocycles. The molecule has 2 heteroatoms. The molecule has 0 radical (unpaired) electrons. The van der Waals surface area contributed by atoms with Gasteiger partial charge >= 0.3 is 0 Å². The normalized spacial score (nSPS) is 19.0. The van der Waals surface area contributed by atoms with E-state index in [1.807, 2.05) is 0 Å². The van der Waals surface area contributed by atoms with Gasteiger partial charge < -0.3 is 4.74 Å². The second kappa shape index (κ2) is 4.50. The Labute approximate surface area is 67.9 Å². The lowest BCUT2D eigenvalue weighted by molar-refractivity contribution is -0.118. The number of ketones is 1. The molecule has 1 aliphatic carbocycles. The molecular weight excluding hydrogens is 140 g/mol. The third kappa shape index (κ3) is 3.51. The quantitative estimate of drug-likeness (QED) is 0.621. The van der Waals surface area contributed by atoms with Crippen molar-refractivity contribution in [2.24, 2.45) is 0 Å². The highest BCUT2D eigenvalue weighted by atomic mass is 16.5. The fourth-order valence-electron chi connectivity index (χ4n) is 1.42. The van der Waals surface area contributed by atoms with Crippen molar-refractivity contribution in [1.82, 2.24) is 0 Å². The lowest BCUT2D eigenvalue weighted by Crippen LogP contribution is -2.10. The van der Waals surface area contributed by atoms with Gasteiger partial charge in [-0.1, -0.05) is 12.8 Å². The van der Waals surface area contributed by atoms with Gasteiger partial charge in [0.2, 0.25) is 0 Å². The Hall–Kier alpha value is -0.370. The Kier molecular flexibility index (Phi) is 3.57. The number of carbonyl (C=O) groups excluding carboxylic acids is 1. The molecule has 0 N–H and O–H groups in total. The number of hydrogen-bond acceptors (Lipinski definition) is 2. The minimum atomic E-state index is 0.225. The Bertz CT molecular complexity index is 126. The third-order valence-corrected chi connectivity index (χ3v) is 2.11. The molecule has 2 nitrogen and oxygen atoms in total. The van der Waals surface area contributed by atoms with Crippen LogP contribution in [0, 0.1) is 0 Å². The first kappa shape index (κ1) is 8.72. The van der Waals surface area contributed by atoms with Crippen LogP contribution in [0.1, 0.15) is 39.0 Å². The summed E-state index contributed by atoms with van der Waals surface area (Å²) in [6.07, 6.45) is 6.01. The molecule has 0 unspecified atom stereocenters. The zero-order valence-electron chi connectivity index (χ0n) is 7.14. The Balaban J connectivity index is 1.98. The molecule has 0 aromatic rings. The topological polar surface area (TPSA) is 26.3 Å². The highest BCUT2D eigenvalue weighted by Gasteiger charge is 2.14. The Morgan fingerprint density at radius 2 is 2.09 bits per heavy atom. The van der Waals surface area contributed by atoms with E-state index in [1.165, 1.54) is 25.7 Å². The minimum Gasteiger partial charge on any atom is -0.378 e. The van der Waals surface area contributed by atoms with Crippen molar-refractivity contribution in [3.8, 4) is 0 Å². The molecule has 0 atom stereocenters. The monoisotopic (exact) mass is 156 g/mol. The third-order valence-electron chi connectivity index (χ3n) is 2.11. The molecule has 0 heterocycles. The summed E-state index contributed by atoms with van der Waals surface area (Å²) in [6.45, 7) is 2.23. The van der Waals surface area contributed by atoms with E-state index in [9.17, 15) is 4.79 Å². The summed E-state index contributed by atoms with van der Waals surface area (Å²) in [5.41, 5.74) is 0.